The predicted octanol–water partition coefficient (Wildman–Crippen LogP) is 2.22. The lowest BCUT2D eigenvalue weighted by Gasteiger charge is -2.40. The molecule has 6 nitrogen and oxygen atoms in total. The Hall–Kier alpha value is -1.79. The van der Waals surface area contributed by atoms with E-state index in [1.807, 2.05) is 17.5 Å². The van der Waals surface area contributed by atoms with Gasteiger partial charge >= 0.3 is 0 Å². The fourth-order valence-corrected chi connectivity index (χ4v) is 3.24. The van der Waals surface area contributed by atoms with E-state index >= 15 is 0 Å². The maximum absolute atomic E-state index is 5.36. The van der Waals surface area contributed by atoms with Gasteiger partial charge in [0, 0.05) is 12.7 Å². The van der Waals surface area contributed by atoms with Crippen molar-refractivity contribution < 1.29 is 4.84 Å². The summed E-state index contributed by atoms with van der Waals surface area (Å²) < 4.78 is 0. The molecular formula is C17H27N5O. The van der Waals surface area contributed by atoms with Crippen LogP contribution in [-0.4, -0.2) is 54.0 Å². The van der Waals surface area contributed by atoms with Gasteiger partial charge in [-0.05, 0) is 32.4 Å². The second-order valence-electron chi connectivity index (χ2n) is 6.09. The van der Waals surface area contributed by atoms with Crippen LogP contribution in [0.2, 0.25) is 0 Å². The molecule has 0 spiro atoms. The molecule has 0 aliphatic carbocycles. The minimum absolute atomic E-state index is 0.189. The molecule has 0 amide bonds. The average molecular weight is 317 g/mol. The summed E-state index contributed by atoms with van der Waals surface area (Å²) in [6.45, 7) is 9.20. The summed E-state index contributed by atoms with van der Waals surface area (Å²) in [6.07, 6.45) is 8.56. The first-order chi connectivity index (χ1) is 11.2. The monoisotopic (exact) mass is 317 g/mol. The Morgan fingerprint density at radius 2 is 2.17 bits per heavy atom. The van der Waals surface area contributed by atoms with E-state index in [1.165, 1.54) is 24.2 Å². The van der Waals surface area contributed by atoms with E-state index < -0.39 is 0 Å². The first-order valence-electron chi connectivity index (χ1n) is 8.46. The van der Waals surface area contributed by atoms with Gasteiger partial charge in [-0.15, -0.1) is 0 Å². The lowest BCUT2D eigenvalue weighted by molar-refractivity contribution is -0.0967. The van der Waals surface area contributed by atoms with Crippen LogP contribution in [0.5, 0.6) is 0 Å². The van der Waals surface area contributed by atoms with Crippen LogP contribution < -0.4 is 5.32 Å². The van der Waals surface area contributed by atoms with E-state index in [9.17, 15) is 0 Å². The van der Waals surface area contributed by atoms with Crippen molar-refractivity contribution in [2.75, 3.05) is 26.9 Å². The Labute approximate surface area is 138 Å². The van der Waals surface area contributed by atoms with E-state index in [1.54, 1.807) is 7.11 Å². The van der Waals surface area contributed by atoms with Crippen LogP contribution in [0.3, 0.4) is 0 Å². The second-order valence-corrected chi connectivity index (χ2v) is 6.09. The molecule has 1 unspecified atom stereocenters. The predicted molar refractivity (Wildman–Crippen MR) is 92.0 cm³/mol. The van der Waals surface area contributed by atoms with E-state index in [2.05, 4.69) is 42.1 Å². The smallest absolute Gasteiger partial charge is 0.138 e. The molecule has 126 valence electrons. The molecule has 0 saturated carbocycles. The molecule has 0 aromatic carbocycles. The van der Waals surface area contributed by atoms with Gasteiger partial charge in [0.1, 0.15) is 18.2 Å². The van der Waals surface area contributed by atoms with Crippen molar-refractivity contribution in [1.29, 1.82) is 0 Å². The van der Waals surface area contributed by atoms with Crippen LogP contribution >= 0.6 is 0 Å². The Morgan fingerprint density at radius 3 is 2.87 bits per heavy atom. The summed E-state index contributed by atoms with van der Waals surface area (Å²) in [4.78, 5) is 14.7. The van der Waals surface area contributed by atoms with Crippen LogP contribution in [0.15, 0.2) is 40.2 Å². The normalized spacial score (nSPS) is 23.1. The molecule has 23 heavy (non-hydrogen) atoms. The summed E-state index contributed by atoms with van der Waals surface area (Å²) in [6, 6.07) is 0.189. The molecule has 3 aliphatic heterocycles. The molecule has 3 aliphatic rings. The number of unbranched alkanes of at least 4 members (excludes halogenated alkanes) is 1. The summed E-state index contributed by atoms with van der Waals surface area (Å²) in [5.74, 6) is 1.17. The number of nitrogens with zero attached hydrogens (tertiary/aromatic N) is 4. The van der Waals surface area contributed by atoms with Crippen molar-refractivity contribution in [2.24, 2.45) is 4.99 Å². The van der Waals surface area contributed by atoms with Gasteiger partial charge in [-0.2, -0.15) is 0 Å². The number of allylic oxidation sites excluding steroid dienone is 1. The lowest BCUT2D eigenvalue weighted by Crippen LogP contribution is -2.45. The van der Waals surface area contributed by atoms with Gasteiger partial charge < -0.3 is 15.1 Å². The molecule has 0 aromatic heterocycles. The first-order valence-corrected chi connectivity index (χ1v) is 8.46. The quantitative estimate of drug-likeness (QED) is 0.761. The summed E-state index contributed by atoms with van der Waals surface area (Å²) >= 11 is 0. The molecule has 6 heteroatoms. The van der Waals surface area contributed by atoms with Gasteiger partial charge in [-0.1, -0.05) is 13.3 Å². The fourth-order valence-electron chi connectivity index (χ4n) is 3.24. The Bertz CT molecular complexity index is 578. The van der Waals surface area contributed by atoms with Crippen LogP contribution in [0, 0.1) is 0 Å². The molecule has 0 aromatic rings. The molecule has 3 rings (SSSR count). The Kier molecular flexibility index (Phi) is 4.73. The number of nitrogens with one attached hydrogen (secondary N) is 1. The zero-order valence-electron chi connectivity index (χ0n) is 14.5. The van der Waals surface area contributed by atoms with Gasteiger partial charge in [-0.25, -0.2) is 5.06 Å². The van der Waals surface area contributed by atoms with Gasteiger partial charge in [0.05, 0.1) is 31.3 Å². The number of aliphatic imine (C=N–C) groups is 1. The number of rotatable bonds is 6. The lowest BCUT2D eigenvalue weighted by atomic mass is 10.0. The molecule has 0 radical (unpaired) electrons. The molecular weight excluding hydrogens is 290 g/mol. The second kappa shape index (κ2) is 6.76. The van der Waals surface area contributed by atoms with Crippen molar-refractivity contribution >= 4 is 6.21 Å². The zero-order chi connectivity index (χ0) is 16.4. The van der Waals surface area contributed by atoms with E-state index in [0.717, 1.165) is 24.5 Å². The van der Waals surface area contributed by atoms with Crippen molar-refractivity contribution in [3.63, 3.8) is 0 Å². The topological polar surface area (TPSA) is 43.3 Å². The highest BCUT2D eigenvalue weighted by molar-refractivity contribution is 5.81. The largest absolute Gasteiger partial charge is 0.333 e. The highest BCUT2D eigenvalue weighted by Crippen LogP contribution is 2.35. The highest BCUT2D eigenvalue weighted by atomic mass is 16.7. The van der Waals surface area contributed by atoms with Crippen LogP contribution in [0.25, 0.3) is 0 Å². The average Bonchev–Trinajstić information content (AvgIpc) is 2.99. The van der Waals surface area contributed by atoms with Crippen LogP contribution in [0.1, 0.15) is 33.6 Å². The summed E-state index contributed by atoms with van der Waals surface area (Å²) in [5.41, 5.74) is 3.50. The van der Waals surface area contributed by atoms with Crippen LogP contribution in [-0.2, 0) is 4.84 Å². The molecule has 0 saturated heterocycles. The summed E-state index contributed by atoms with van der Waals surface area (Å²) in [5, 5.41) is 5.49. The standard InChI is InChI=1S/C17H27N5O/c1-5-7-8-18-15-13(3)10-20(6-2)17-16(15)19-9-14-11-21(23-4)12-22(14)17/h9-11,15,18H,5-8,12H2,1-4H3. The Balaban J connectivity index is 1.91. The molecule has 0 fully saturated rings. The van der Waals surface area contributed by atoms with Gasteiger partial charge in [0.2, 0.25) is 0 Å². The third kappa shape index (κ3) is 2.88. The molecule has 1 atom stereocenters. The van der Waals surface area contributed by atoms with Gasteiger partial charge in [0.15, 0.2) is 0 Å². The molecule has 1 N–H and O–H groups in total. The molecule has 3 heterocycles. The maximum Gasteiger partial charge on any atom is 0.138 e. The van der Waals surface area contributed by atoms with E-state index in [-0.39, 0.29) is 6.04 Å². The number of fused-ring (bicyclic) bond motifs is 2. The first kappa shape index (κ1) is 16.1. The summed E-state index contributed by atoms with van der Waals surface area (Å²) in [7, 11) is 1.69. The maximum atomic E-state index is 5.36. The Morgan fingerprint density at radius 1 is 1.35 bits per heavy atom. The van der Waals surface area contributed by atoms with Crippen molar-refractivity contribution in [1.82, 2.24) is 20.2 Å². The van der Waals surface area contributed by atoms with Crippen molar-refractivity contribution in [3.8, 4) is 0 Å². The SMILES string of the molecule is CCCCNC1C(C)=CN(CC)C2=C1N=CC1=CN(OC)CN12. The van der Waals surface area contributed by atoms with Crippen molar-refractivity contribution in [2.45, 2.75) is 39.7 Å². The third-order valence-corrected chi connectivity index (χ3v) is 4.50. The number of hydrogen-bond acceptors (Lipinski definition) is 6. The van der Waals surface area contributed by atoms with Gasteiger partial charge in [-0.3, -0.25) is 9.83 Å². The molecule has 0 bridgehead atoms. The van der Waals surface area contributed by atoms with E-state index in [4.69, 9.17) is 9.83 Å². The van der Waals surface area contributed by atoms with Crippen LogP contribution in [0.4, 0.5) is 0 Å². The van der Waals surface area contributed by atoms with E-state index in [0.29, 0.717) is 6.67 Å². The number of hydroxylamine groups is 2. The van der Waals surface area contributed by atoms with Crippen molar-refractivity contribution in [3.05, 3.63) is 35.2 Å². The minimum Gasteiger partial charge on any atom is -0.333 e. The zero-order valence-corrected chi connectivity index (χ0v) is 14.5. The van der Waals surface area contributed by atoms with Gasteiger partial charge in [0.25, 0.3) is 0 Å². The minimum atomic E-state index is 0.189. The highest BCUT2D eigenvalue weighted by Gasteiger charge is 2.36. The fraction of sp³-hybridized carbons (Fsp3) is 0.588. The number of hydrogen-bond donors (Lipinski definition) is 1. The third-order valence-electron chi connectivity index (χ3n) is 4.50.